The van der Waals surface area contributed by atoms with Gasteiger partial charge in [-0.15, -0.1) is 0 Å². The van der Waals surface area contributed by atoms with Gasteiger partial charge in [-0.2, -0.15) is 5.26 Å². The van der Waals surface area contributed by atoms with Crippen LogP contribution in [-0.2, 0) is 11.2 Å². The minimum atomic E-state index is -0.547. The summed E-state index contributed by atoms with van der Waals surface area (Å²) in [6.45, 7) is 0. The van der Waals surface area contributed by atoms with Gasteiger partial charge in [0.15, 0.2) is 0 Å². The zero-order valence-electron chi connectivity index (χ0n) is 14.9. The number of carbonyl (C=O) groups excluding carboxylic acids is 1. The van der Waals surface area contributed by atoms with Gasteiger partial charge < -0.3 is 10.4 Å². The van der Waals surface area contributed by atoms with E-state index in [0.717, 1.165) is 11.1 Å². The number of nitrogens with zero attached hydrogens (tertiary/aromatic N) is 1. The number of carbonyl (C=O) groups is 1. The lowest BCUT2D eigenvalue weighted by molar-refractivity contribution is -0.112. The van der Waals surface area contributed by atoms with E-state index < -0.39 is 5.91 Å². The number of benzene rings is 3. The fraction of sp³-hybridized carbons (Fsp3) is 0.0435. The van der Waals surface area contributed by atoms with Crippen molar-refractivity contribution in [3.05, 3.63) is 101 Å². The Balaban J connectivity index is 1.85. The Kier molecular flexibility index (Phi) is 5.83. The van der Waals surface area contributed by atoms with E-state index >= 15 is 0 Å². The molecule has 28 heavy (non-hydrogen) atoms. The maximum absolute atomic E-state index is 13.4. The van der Waals surface area contributed by atoms with Crippen molar-refractivity contribution >= 4 is 17.7 Å². The molecule has 0 atom stereocenters. The Morgan fingerprint density at radius 3 is 2.54 bits per heavy atom. The summed E-state index contributed by atoms with van der Waals surface area (Å²) in [5, 5.41) is 21.4. The molecule has 0 aliphatic heterocycles. The van der Waals surface area contributed by atoms with Crippen molar-refractivity contribution < 1.29 is 14.3 Å². The van der Waals surface area contributed by atoms with E-state index in [9.17, 15) is 19.6 Å². The Morgan fingerprint density at radius 2 is 1.82 bits per heavy atom. The molecule has 138 valence electrons. The summed E-state index contributed by atoms with van der Waals surface area (Å²) in [6, 6.07) is 21.6. The number of phenols is 1. The predicted molar refractivity (Wildman–Crippen MR) is 106 cm³/mol. The fourth-order valence-electron chi connectivity index (χ4n) is 2.75. The molecule has 3 aromatic rings. The van der Waals surface area contributed by atoms with E-state index in [0.29, 0.717) is 17.7 Å². The summed E-state index contributed by atoms with van der Waals surface area (Å²) >= 11 is 0. The number of nitriles is 1. The van der Waals surface area contributed by atoms with Crippen molar-refractivity contribution in [3.63, 3.8) is 0 Å². The minimum Gasteiger partial charge on any atom is -0.508 e. The van der Waals surface area contributed by atoms with E-state index in [2.05, 4.69) is 5.32 Å². The lowest BCUT2D eigenvalue weighted by Crippen LogP contribution is -2.13. The van der Waals surface area contributed by atoms with Crippen LogP contribution in [0.3, 0.4) is 0 Å². The van der Waals surface area contributed by atoms with E-state index in [1.54, 1.807) is 24.3 Å². The molecule has 2 N–H and O–H groups in total. The van der Waals surface area contributed by atoms with Gasteiger partial charge in [0, 0.05) is 5.69 Å². The average Bonchev–Trinajstić information content (AvgIpc) is 2.69. The molecule has 1 amide bonds. The summed E-state index contributed by atoms with van der Waals surface area (Å²) in [5.74, 6) is -0.773. The molecule has 0 spiro atoms. The SMILES string of the molecule is N#C/C(=C\c1ccccc1Cc1cccc(F)c1)C(=O)Nc1ccc(O)cc1. The van der Waals surface area contributed by atoms with E-state index in [-0.39, 0.29) is 17.1 Å². The van der Waals surface area contributed by atoms with Crippen molar-refractivity contribution in [2.45, 2.75) is 6.42 Å². The smallest absolute Gasteiger partial charge is 0.266 e. The van der Waals surface area contributed by atoms with Crippen LogP contribution >= 0.6 is 0 Å². The van der Waals surface area contributed by atoms with Crippen LogP contribution < -0.4 is 5.32 Å². The molecule has 0 radical (unpaired) electrons. The lowest BCUT2D eigenvalue weighted by atomic mass is 9.98. The first kappa shape index (κ1) is 18.9. The zero-order valence-corrected chi connectivity index (χ0v) is 14.9. The third-order valence-corrected chi connectivity index (χ3v) is 4.13. The Bertz CT molecular complexity index is 1070. The molecular formula is C23H17FN2O2. The van der Waals surface area contributed by atoms with Crippen LogP contribution in [0.1, 0.15) is 16.7 Å². The second-order valence-electron chi connectivity index (χ2n) is 6.18. The van der Waals surface area contributed by atoms with Gasteiger partial charge in [-0.25, -0.2) is 4.39 Å². The minimum absolute atomic E-state index is 0.0558. The standard InChI is InChI=1S/C23H17FN2O2/c24-20-7-3-4-16(13-20)12-17-5-1-2-6-18(17)14-19(15-25)23(28)26-21-8-10-22(27)11-9-21/h1-11,13-14,27H,12H2,(H,26,28)/b19-14+. The Morgan fingerprint density at radius 1 is 1.07 bits per heavy atom. The second-order valence-corrected chi connectivity index (χ2v) is 6.18. The van der Waals surface area contributed by atoms with Gasteiger partial charge in [-0.3, -0.25) is 4.79 Å². The van der Waals surface area contributed by atoms with Gasteiger partial charge in [0.25, 0.3) is 5.91 Å². The molecule has 0 fully saturated rings. The summed E-state index contributed by atoms with van der Waals surface area (Å²) < 4.78 is 13.4. The molecule has 3 aromatic carbocycles. The summed E-state index contributed by atoms with van der Waals surface area (Å²) in [4.78, 5) is 12.4. The van der Waals surface area contributed by atoms with Gasteiger partial charge in [0.2, 0.25) is 0 Å². The first-order valence-electron chi connectivity index (χ1n) is 8.59. The number of halogens is 1. The zero-order chi connectivity index (χ0) is 19.9. The fourth-order valence-corrected chi connectivity index (χ4v) is 2.75. The quantitative estimate of drug-likeness (QED) is 0.388. The average molecular weight is 372 g/mol. The van der Waals surface area contributed by atoms with Gasteiger partial charge in [0.05, 0.1) is 0 Å². The number of nitrogens with one attached hydrogen (secondary N) is 1. The number of hydrogen-bond donors (Lipinski definition) is 2. The Labute approximate surface area is 162 Å². The second kappa shape index (κ2) is 8.65. The normalized spacial score (nSPS) is 10.9. The number of aromatic hydroxyl groups is 1. The maximum Gasteiger partial charge on any atom is 0.266 e. The first-order valence-corrected chi connectivity index (χ1v) is 8.59. The molecule has 5 heteroatoms. The molecule has 0 saturated heterocycles. The molecule has 0 heterocycles. The van der Waals surface area contributed by atoms with Gasteiger partial charge in [0.1, 0.15) is 23.2 Å². The van der Waals surface area contributed by atoms with Crippen molar-refractivity contribution in [2.75, 3.05) is 5.32 Å². The first-order chi connectivity index (χ1) is 13.5. The molecule has 0 unspecified atom stereocenters. The molecular weight excluding hydrogens is 355 g/mol. The van der Waals surface area contributed by atoms with Crippen LogP contribution in [0.5, 0.6) is 5.75 Å². The lowest BCUT2D eigenvalue weighted by Gasteiger charge is -2.08. The summed E-state index contributed by atoms with van der Waals surface area (Å²) in [7, 11) is 0. The number of phenolic OH excluding ortho intramolecular Hbond substituents is 1. The molecule has 0 aliphatic carbocycles. The molecule has 4 nitrogen and oxygen atoms in total. The van der Waals surface area contributed by atoms with Crippen LogP contribution in [0.25, 0.3) is 6.08 Å². The van der Waals surface area contributed by atoms with Gasteiger partial charge >= 0.3 is 0 Å². The highest BCUT2D eigenvalue weighted by molar-refractivity contribution is 6.09. The van der Waals surface area contributed by atoms with Crippen LogP contribution in [-0.4, -0.2) is 11.0 Å². The van der Waals surface area contributed by atoms with E-state index in [1.807, 2.05) is 30.3 Å². The molecule has 0 aliphatic rings. The number of hydrogen-bond acceptors (Lipinski definition) is 3. The molecule has 0 aromatic heterocycles. The third kappa shape index (κ3) is 4.83. The largest absolute Gasteiger partial charge is 0.508 e. The monoisotopic (exact) mass is 372 g/mol. The molecule has 0 saturated carbocycles. The van der Waals surface area contributed by atoms with Crippen molar-refractivity contribution in [1.82, 2.24) is 0 Å². The van der Waals surface area contributed by atoms with Crippen LogP contribution in [0.4, 0.5) is 10.1 Å². The van der Waals surface area contributed by atoms with Crippen LogP contribution in [0.15, 0.2) is 78.4 Å². The topological polar surface area (TPSA) is 73.1 Å². The molecule has 0 bridgehead atoms. The van der Waals surface area contributed by atoms with Crippen molar-refractivity contribution in [2.24, 2.45) is 0 Å². The number of anilines is 1. The summed E-state index contributed by atoms with van der Waals surface area (Å²) in [5.41, 5.74) is 2.80. The number of rotatable bonds is 5. The van der Waals surface area contributed by atoms with E-state index in [1.165, 1.54) is 30.3 Å². The van der Waals surface area contributed by atoms with Crippen LogP contribution in [0, 0.1) is 17.1 Å². The van der Waals surface area contributed by atoms with Crippen molar-refractivity contribution in [3.8, 4) is 11.8 Å². The maximum atomic E-state index is 13.4. The van der Waals surface area contributed by atoms with Crippen LogP contribution in [0.2, 0.25) is 0 Å². The number of amides is 1. The summed E-state index contributed by atoms with van der Waals surface area (Å²) in [6.07, 6.45) is 1.99. The highest BCUT2D eigenvalue weighted by Crippen LogP contribution is 2.19. The van der Waals surface area contributed by atoms with Crippen molar-refractivity contribution in [1.29, 1.82) is 5.26 Å². The van der Waals surface area contributed by atoms with Gasteiger partial charge in [-0.05, 0) is 65.6 Å². The highest BCUT2D eigenvalue weighted by atomic mass is 19.1. The van der Waals surface area contributed by atoms with Gasteiger partial charge in [-0.1, -0.05) is 36.4 Å². The van der Waals surface area contributed by atoms with E-state index in [4.69, 9.17) is 0 Å². The predicted octanol–water partition coefficient (Wildman–Crippen LogP) is 4.67. The molecule has 3 rings (SSSR count). The third-order valence-electron chi connectivity index (χ3n) is 4.13. The Hall–Kier alpha value is -3.91. The highest BCUT2D eigenvalue weighted by Gasteiger charge is 2.11.